The largest absolute Gasteiger partial charge is 0.345 e. The van der Waals surface area contributed by atoms with Crippen LogP contribution in [0.15, 0.2) is 28.8 Å². The molecule has 0 aliphatic rings. The topological polar surface area (TPSA) is 94.0 Å². The predicted octanol–water partition coefficient (Wildman–Crippen LogP) is 3.36. The van der Waals surface area contributed by atoms with Crippen LogP contribution in [-0.4, -0.2) is 22.1 Å². The Bertz CT molecular complexity index is 680. The molecule has 2 atom stereocenters. The third-order valence-corrected chi connectivity index (χ3v) is 3.75. The molecule has 8 heteroatoms. The van der Waals surface area contributed by atoms with Crippen molar-refractivity contribution >= 4 is 29.9 Å². The Morgan fingerprint density at radius 1 is 1.29 bits per heavy atom. The van der Waals surface area contributed by atoms with Crippen LogP contribution in [0.2, 0.25) is 5.02 Å². The zero-order chi connectivity index (χ0) is 17.2. The van der Waals surface area contributed by atoms with Gasteiger partial charge in [-0.15, -0.1) is 12.4 Å². The van der Waals surface area contributed by atoms with Gasteiger partial charge in [0.15, 0.2) is 5.82 Å². The molecular formula is C16H22Cl2N4O2. The molecule has 0 bridgehead atoms. The average Bonchev–Trinajstić information content (AvgIpc) is 2.96. The molecule has 1 unspecified atom stereocenters. The number of hydrogen-bond donors (Lipinski definition) is 2. The predicted molar refractivity (Wildman–Crippen MR) is 96.0 cm³/mol. The third kappa shape index (κ3) is 4.93. The summed E-state index contributed by atoms with van der Waals surface area (Å²) >= 11 is 5.85. The number of hydrogen-bond acceptors (Lipinski definition) is 5. The van der Waals surface area contributed by atoms with Gasteiger partial charge in [-0.1, -0.05) is 37.5 Å². The minimum atomic E-state index is -0.618. The Hall–Kier alpha value is -1.63. The van der Waals surface area contributed by atoms with E-state index < -0.39 is 12.1 Å². The summed E-state index contributed by atoms with van der Waals surface area (Å²) in [5.41, 5.74) is 6.38. The second-order valence-corrected chi connectivity index (χ2v) is 6.98. The zero-order valence-corrected chi connectivity index (χ0v) is 15.6. The molecule has 2 aromatic rings. The standard InChI is InChI=1S/C16H21ClN4O2.ClH/c1-9(19-14(22)12(18)16(2,3)4)13-20-15(23-21-13)10-5-7-11(17)8-6-10;/h5-9,12H,18H2,1-4H3,(H,19,22);1H/t9?,12-;/m1./s1. The fourth-order valence-electron chi connectivity index (χ4n) is 1.88. The van der Waals surface area contributed by atoms with Gasteiger partial charge in [-0.3, -0.25) is 4.79 Å². The summed E-state index contributed by atoms with van der Waals surface area (Å²) in [5.74, 6) is 0.519. The van der Waals surface area contributed by atoms with Crippen LogP contribution in [0.5, 0.6) is 0 Å². The Morgan fingerprint density at radius 2 is 1.88 bits per heavy atom. The molecule has 0 saturated heterocycles. The molecule has 6 nitrogen and oxygen atoms in total. The van der Waals surface area contributed by atoms with E-state index in [0.717, 1.165) is 5.56 Å². The Kier molecular flexibility index (Phi) is 6.77. The Balaban J connectivity index is 0.00000288. The molecule has 3 N–H and O–H groups in total. The summed E-state index contributed by atoms with van der Waals surface area (Å²) in [4.78, 5) is 16.5. The van der Waals surface area contributed by atoms with Crippen LogP contribution in [0, 0.1) is 5.41 Å². The van der Waals surface area contributed by atoms with Gasteiger partial charge in [-0.25, -0.2) is 0 Å². The van der Waals surface area contributed by atoms with Gasteiger partial charge in [0.05, 0.1) is 12.1 Å². The quantitative estimate of drug-likeness (QED) is 0.857. The highest BCUT2D eigenvalue weighted by atomic mass is 35.5. The zero-order valence-electron chi connectivity index (χ0n) is 14.0. The van der Waals surface area contributed by atoms with Crippen LogP contribution in [-0.2, 0) is 4.79 Å². The van der Waals surface area contributed by atoms with E-state index in [1.165, 1.54) is 0 Å². The first-order valence-corrected chi connectivity index (χ1v) is 7.72. The molecular weight excluding hydrogens is 351 g/mol. The maximum atomic E-state index is 12.2. The molecule has 0 fully saturated rings. The monoisotopic (exact) mass is 372 g/mol. The van der Waals surface area contributed by atoms with E-state index in [4.69, 9.17) is 21.9 Å². The van der Waals surface area contributed by atoms with Crippen molar-refractivity contribution in [3.05, 3.63) is 35.1 Å². The summed E-state index contributed by atoms with van der Waals surface area (Å²) in [6.07, 6.45) is 0. The first kappa shape index (κ1) is 20.4. The number of aromatic nitrogens is 2. The summed E-state index contributed by atoms with van der Waals surface area (Å²) in [7, 11) is 0. The van der Waals surface area contributed by atoms with Crippen molar-refractivity contribution in [2.75, 3.05) is 0 Å². The van der Waals surface area contributed by atoms with E-state index in [0.29, 0.717) is 16.7 Å². The van der Waals surface area contributed by atoms with E-state index in [9.17, 15) is 4.79 Å². The van der Waals surface area contributed by atoms with Gasteiger partial charge < -0.3 is 15.6 Å². The van der Waals surface area contributed by atoms with Crippen molar-refractivity contribution in [1.29, 1.82) is 0 Å². The van der Waals surface area contributed by atoms with Crippen molar-refractivity contribution in [2.24, 2.45) is 11.1 Å². The van der Waals surface area contributed by atoms with E-state index in [1.54, 1.807) is 31.2 Å². The first-order chi connectivity index (χ1) is 10.7. The van der Waals surface area contributed by atoms with Gasteiger partial charge in [0.1, 0.15) is 0 Å². The molecule has 1 heterocycles. The highest BCUT2D eigenvalue weighted by molar-refractivity contribution is 6.30. The number of rotatable bonds is 4. The molecule has 132 valence electrons. The average molecular weight is 373 g/mol. The van der Waals surface area contributed by atoms with Crippen molar-refractivity contribution in [3.8, 4) is 11.5 Å². The molecule has 1 amide bonds. The van der Waals surface area contributed by atoms with Crippen molar-refractivity contribution in [1.82, 2.24) is 15.5 Å². The SMILES string of the molecule is CC(NC(=O)[C@@H](N)C(C)(C)C)c1noc(-c2ccc(Cl)cc2)n1.Cl. The number of carbonyl (C=O) groups is 1. The lowest BCUT2D eigenvalue weighted by Crippen LogP contribution is -2.49. The third-order valence-electron chi connectivity index (χ3n) is 3.49. The van der Waals surface area contributed by atoms with E-state index in [2.05, 4.69) is 15.5 Å². The molecule has 1 aromatic carbocycles. The molecule has 0 spiro atoms. The van der Waals surface area contributed by atoms with Crippen molar-refractivity contribution in [3.63, 3.8) is 0 Å². The smallest absolute Gasteiger partial charge is 0.257 e. The lowest BCUT2D eigenvalue weighted by Gasteiger charge is -2.26. The van der Waals surface area contributed by atoms with Gasteiger partial charge in [-0.05, 0) is 36.6 Å². The number of nitrogens with zero attached hydrogens (tertiary/aromatic N) is 2. The lowest BCUT2D eigenvalue weighted by molar-refractivity contribution is -0.125. The Morgan fingerprint density at radius 3 is 2.42 bits per heavy atom. The number of carbonyl (C=O) groups excluding carboxylic acids is 1. The molecule has 0 aliphatic heterocycles. The summed E-state index contributed by atoms with van der Waals surface area (Å²) in [5, 5.41) is 7.35. The van der Waals surface area contributed by atoms with Crippen molar-refractivity contribution < 1.29 is 9.32 Å². The van der Waals surface area contributed by atoms with Crippen LogP contribution < -0.4 is 11.1 Å². The van der Waals surface area contributed by atoms with Crippen LogP contribution >= 0.6 is 24.0 Å². The van der Waals surface area contributed by atoms with E-state index in [-0.39, 0.29) is 23.7 Å². The normalized spacial score (nSPS) is 13.8. The molecule has 0 saturated carbocycles. The van der Waals surface area contributed by atoms with Gasteiger partial charge in [0.25, 0.3) is 5.89 Å². The number of nitrogens with two attached hydrogens (primary N) is 1. The first-order valence-electron chi connectivity index (χ1n) is 7.34. The van der Waals surface area contributed by atoms with Crippen LogP contribution in [0.4, 0.5) is 0 Å². The highest BCUT2D eigenvalue weighted by Gasteiger charge is 2.29. The molecule has 24 heavy (non-hydrogen) atoms. The molecule has 0 radical (unpaired) electrons. The maximum Gasteiger partial charge on any atom is 0.257 e. The summed E-state index contributed by atoms with van der Waals surface area (Å²) in [6.45, 7) is 7.52. The number of benzene rings is 1. The summed E-state index contributed by atoms with van der Waals surface area (Å²) in [6, 6.07) is 6.05. The molecule has 0 aliphatic carbocycles. The van der Waals surface area contributed by atoms with Gasteiger partial charge in [-0.2, -0.15) is 4.98 Å². The highest BCUT2D eigenvalue weighted by Crippen LogP contribution is 2.22. The second-order valence-electron chi connectivity index (χ2n) is 6.54. The fourth-order valence-corrected chi connectivity index (χ4v) is 2.01. The molecule has 1 aromatic heterocycles. The van der Waals surface area contributed by atoms with Crippen LogP contribution in [0.1, 0.15) is 39.6 Å². The minimum absolute atomic E-state index is 0. The second kappa shape index (κ2) is 7.96. The van der Waals surface area contributed by atoms with Gasteiger partial charge in [0.2, 0.25) is 5.91 Å². The maximum absolute atomic E-state index is 12.2. The number of halogens is 2. The van der Waals surface area contributed by atoms with Crippen molar-refractivity contribution in [2.45, 2.75) is 39.8 Å². The van der Waals surface area contributed by atoms with E-state index >= 15 is 0 Å². The summed E-state index contributed by atoms with van der Waals surface area (Å²) < 4.78 is 5.23. The number of nitrogens with one attached hydrogen (secondary N) is 1. The fraction of sp³-hybridized carbons (Fsp3) is 0.438. The lowest BCUT2D eigenvalue weighted by atomic mass is 9.87. The minimum Gasteiger partial charge on any atom is -0.345 e. The number of amides is 1. The van der Waals surface area contributed by atoms with Gasteiger partial charge >= 0.3 is 0 Å². The molecule has 2 rings (SSSR count). The van der Waals surface area contributed by atoms with Crippen LogP contribution in [0.3, 0.4) is 0 Å². The Labute approximate surface area is 152 Å². The van der Waals surface area contributed by atoms with Crippen LogP contribution in [0.25, 0.3) is 11.5 Å². The van der Waals surface area contributed by atoms with E-state index in [1.807, 2.05) is 20.8 Å². The van der Waals surface area contributed by atoms with Gasteiger partial charge in [0, 0.05) is 10.6 Å².